The summed E-state index contributed by atoms with van der Waals surface area (Å²) < 4.78 is 0. The van der Waals surface area contributed by atoms with Gasteiger partial charge in [0.15, 0.2) is 0 Å². The largest absolute Gasteiger partial charge is 0.352 e. The third-order valence-corrected chi connectivity index (χ3v) is 3.58. The fourth-order valence-corrected chi connectivity index (χ4v) is 2.63. The zero-order chi connectivity index (χ0) is 14.4. The highest BCUT2D eigenvalue weighted by Crippen LogP contribution is 2.29. The Balaban J connectivity index is 1.82. The normalized spacial score (nSPS) is 17.1. The Hall–Kier alpha value is -2.04. The minimum absolute atomic E-state index is 0.0259. The highest BCUT2D eigenvalue weighted by atomic mass is 16.2. The predicted molar refractivity (Wildman–Crippen MR) is 77.1 cm³/mol. The molecule has 5 nitrogen and oxygen atoms in total. The van der Waals surface area contributed by atoms with Crippen LogP contribution in [-0.4, -0.2) is 18.5 Å². The molecule has 0 spiro atoms. The number of hydrogen-bond donors (Lipinski definition) is 3. The van der Waals surface area contributed by atoms with Gasteiger partial charge in [-0.05, 0) is 36.8 Å². The van der Waals surface area contributed by atoms with Gasteiger partial charge in [-0.1, -0.05) is 24.3 Å². The van der Waals surface area contributed by atoms with E-state index in [1.165, 1.54) is 11.1 Å². The van der Waals surface area contributed by atoms with Crippen molar-refractivity contribution in [2.75, 3.05) is 6.54 Å². The number of benzene rings is 1. The first-order chi connectivity index (χ1) is 9.66. The number of aryl methyl sites for hydroxylation is 1. The molecule has 1 aliphatic rings. The Morgan fingerprint density at radius 1 is 1.30 bits per heavy atom. The molecule has 0 saturated heterocycles. The molecule has 1 atom stereocenters. The Kier molecular flexibility index (Phi) is 4.98. The van der Waals surface area contributed by atoms with Crippen molar-refractivity contribution >= 4 is 11.9 Å². The first-order valence-corrected chi connectivity index (χ1v) is 7.07. The molecule has 0 radical (unpaired) electrons. The lowest BCUT2D eigenvalue weighted by molar-refractivity contribution is -0.122. The van der Waals surface area contributed by atoms with Crippen LogP contribution in [0, 0.1) is 0 Å². The van der Waals surface area contributed by atoms with Crippen molar-refractivity contribution in [1.29, 1.82) is 0 Å². The number of nitrogens with two attached hydrogens (primary N) is 1. The number of nitrogens with one attached hydrogen (secondary N) is 2. The number of fused-ring (bicyclic) bond motifs is 1. The first kappa shape index (κ1) is 14.4. The quantitative estimate of drug-likeness (QED) is 0.713. The molecule has 0 aliphatic heterocycles. The van der Waals surface area contributed by atoms with E-state index < -0.39 is 6.03 Å². The topological polar surface area (TPSA) is 84.2 Å². The van der Waals surface area contributed by atoms with Gasteiger partial charge in [0.2, 0.25) is 5.91 Å². The summed E-state index contributed by atoms with van der Waals surface area (Å²) in [6.07, 6.45) is 4.18. The van der Waals surface area contributed by atoms with Crippen LogP contribution < -0.4 is 16.4 Å². The summed E-state index contributed by atoms with van der Waals surface area (Å²) in [5.41, 5.74) is 7.53. The van der Waals surface area contributed by atoms with E-state index in [2.05, 4.69) is 22.8 Å². The Labute approximate surface area is 118 Å². The van der Waals surface area contributed by atoms with Gasteiger partial charge in [0.05, 0.1) is 6.04 Å². The molecule has 2 rings (SSSR count). The van der Waals surface area contributed by atoms with Crippen molar-refractivity contribution in [3.8, 4) is 0 Å². The van der Waals surface area contributed by atoms with Gasteiger partial charge in [0.1, 0.15) is 0 Å². The molecule has 0 bridgehead atoms. The van der Waals surface area contributed by atoms with Crippen LogP contribution in [0.25, 0.3) is 0 Å². The number of rotatable bonds is 5. The molecule has 3 amide bonds. The van der Waals surface area contributed by atoms with Gasteiger partial charge >= 0.3 is 6.03 Å². The SMILES string of the molecule is NC(=O)NCCCC(=O)N[C@@H]1CCCc2ccccc21. The van der Waals surface area contributed by atoms with Crippen LogP contribution in [-0.2, 0) is 11.2 Å². The summed E-state index contributed by atoms with van der Waals surface area (Å²) in [6.45, 7) is 0.435. The molecular formula is C15H21N3O2. The summed E-state index contributed by atoms with van der Waals surface area (Å²) in [5.74, 6) is 0.0259. The summed E-state index contributed by atoms with van der Waals surface area (Å²) >= 11 is 0. The summed E-state index contributed by atoms with van der Waals surface area (Å²) in [6, 6.07) is 7.85. The molecule has 0 fully saturated rings. The van der Waals surface area contributed by atoms with Crippen molar-refractivity contribution < 1.29 is 9.59 Å². The van der Waals surface area contributed by atoms with Crippen molar-refractivity contribution in [3.05, 3.63) is 35.4 Å². The molecule has 0 aromatic heterocycles. The molecule has 1 aliphatic carbocycles. The summed E-state index contributed by atoms with van der Waals surface area (Å²) in [7, 11) is 0. The van der Waals surface area contributed by atoms with E-state index in [1.807, 2.05) is 12.1 Å². The number of amides is 3. The van der Waals surface area contributed by atoms with E-state index in [1.54, 1.807) is 0 Å². The third kappa shape index (κ3) is 3.98. The second-order valence-electron chi connectivity index (χ2n) is 5.11. The van der Waals surface area contributed by atoms with Gasteiger partial charge in [0.25, 0.3) is 0 Å². The summed E-state index contributed by atoms with van der Waals surface area (Å²) in [5, 5.41) is 5.56. The van der Waals surface area contributed by atoms with Crippen molar-refractivity contribution in [3.63, 3.8) is 0 Å². The van der Waals surface area contributed by atoms with E-state index in [9.17, 15) is 9.59 Å². The van der Waals surface area contributed by atoms with Gasteiger partial charge in [0, 0.05) is 13.0 Å². The lowest BCUT2D eigenvalue weighted by atomic mass is 9.87. The molecule has 0 unspecified atom stereocenters. The van der Waals surface area contributed by atoms with Crippen LogP contribution in [0.5, 0.6) is 0 Å². The van der Waals surface area contributed by atoms with Crippen LogP contribution in [0.1, 0.15) is 42.9 Å². The maximum atomic E-state index is 11.9. The molecular weight excluding hydrogens is 254 g/mol. The van der Waals surface area contributed by atoms with E-state index >= 15 is 0 Å². The fraction of sp³-hybridized carbons (Fsp3) is 0.467. The van der Waals surface area contributed by atoms with E-state index in [-0.39, 0.29) is 11.9 Å². The van der Waals surface area contributed by atoms with E-state index in [4.69, 9.17) is 5.73 Å². The predicted octanol–water partition coefficient (Wildman–Crippen LogP) is 1.63. The standard InChI is InChI=1S/C15H21N3O2/c16-15(20)17-10-4-9-14(19)18-13-8-3-6-11-5-1-2-7-12(11)13/h1-2,5,7,13H,3-4,6,8-10H2,(H,18,19)(H3,16,17,20)/t13-/m1/s1. The Bertz CT molecular complexity index is 488. The average Bonchev–Trinajstić information content (AvgIpc) is 2.44. The summed E-state index contributed by atoms with van der Waals surface area (Å²) in [4.78, 5) is 22.4. The molecule has 1 aromatic carbocycles. The van der Waals surface area contributed by atoms with Crippen LogP contribution in [0.3, 0.4) is 0 Å². The maximum absolute atomic E-state index is 11.9. The van der Waals surface area contributed by atoms with Crippen LogP contribution in [0.2, 0.25) is 0 Å². The van der Waals surface area contributed by atoms with E-state index in [0.29, 0.717) is 19.4 Å². The lowest BCUT2D eigenvalue weighted by Crippen LogP contribution is -2.33. The highest BCUT2D eigenvalue weighted by Gasteiger charge is 2.20. The van der Waals surface area contributed by atoms with Gasteiger partial charge in [-0.25, -0.2) is 4.79 Å². The number of carbonyl (C=O) groups excluding carboxylic acids is 2. The number of urea groups is 1. The molecule has 1 aromatic rings. The molecule has 108 valence electrons. The van der Waals surface area contributed by atoms with Crippen molar-refractivity contribution in [1.82, 2.24) is 10.6 Å². The van der Waals surface area contributed by atoms with Crippen molar-refractivity contribution in [2.24, 2.45) is 5.73 Å². The molecule has 4 N–H and O–H groups in total. The molecule has 5 heteroatoms. The lowest BCUT2D eigenvalue weighted by Gasteiger charge is -2.26. The first-order valence-electron chi connectivity index (χ1n) is 7.07. The zero-order valence-electron chi connectivity index (χ0n) is 11.5. The smallest absolute Gasteiger partial charge is 0.312 e. The number of hydrogen-bond acceptors (Lipinski definition) is 2. The van der Waals surface area contributed by atoms with E-state index in [0.717, 1.165) is 19.3 Å². The Morgan fingerprint density at radius 2 is 2.10 bits per heavy atom. The highest BCUT2D eigenvalue weighted by molar-refractivity contribution is 5.76. The third-order valence-electron chi connectivity index (χ3n) is 3.58. The molecule has 20 heavy (non-hydrogen) atoms. The minimum Gasteiger partial charge on any atom is -0.352 e. The second-order valence-corrected chi connectivity index (χ2v) is 5.11. The second kappa shape index (κ2) is 6.93. The van der Waals surface area contributed by atoms with Gasteiger partial charge in [-0.3, -0.25) is 4.79 Å². The number of primary amides is 1. The minimum atomic E-state index is -0.549. The zero-order valence-corrected chi connectivity index (χ0v) is 11.5. The Morgan fingerprint density at radius 3 is 2.90 bits per heavy atom. The number of carbonyl (C=O) groups is 2. The maximum Gasteiger partial charge on any atom is 0.312 e. The molecule has 0 saturated carbocycles. The van der Waals surface area contributed by atoms with Crippen LogP contribution in [0.15, 0.2) is 24.3 Å². The van der Waals surface area contributed by atoms with Gasteiger partial charge < -0.3 is 16.4 Å². The van der Waals surface area contributed by atoms with Gasteiger partial charge in [-0.2, -0.15) is 0 Å². The monoisotopic (exact) mass is 275 g/mol. The van der Waals surface area contributed by atoms with Gasteiger partial charge in [-0.15, -0.1) is 0 Å². The average molecular weight is 275 g/mol. The fourth-order valence-electron chi connectivity index (χ4n) is 2.63. The van der Waals surface area contributed by atoms with Crippen LogP contribution in [0.4, 0.5) is 4.79 Å². The molecule has 0 heterocycles. The van der Waals surface area contributed by atoms with Crippen molar-refractivity contribution in [2.45, 2.75) is 38.1 Å². The van der Waals surface area contributed by atoms with Crippen LogP contribution >= 0.6 is 0 Å².